The van der Waals surface area contributed by atoms with Crippen LogP contribution in [0.3, 0.4) is 0 Å². The monoisotopic (exact) mass is 867 g/mol. The molecule has 0 N–H and O–H groups in total. The number of anilines is 2. The summed E-state index contributed by atoms with van der Waals surface area (Å²) in [5, 5.41) is 9.19. The van der Waals surface area contributed by atoms with Gasteiger partial charge in [-0.05, 0) is 114 Å². The fraction of sp³-hybridized carbons (Fsp3) is 0.0462. The molecule has 1 spiro atoms. The molecule has 0 bridgehead atoms. The highest BCUT2D eigenvalue weighted by Gasteiger charge is 2.51. The molecule has 3 heteroatoms. The van der Waals surface area contributed by atoms with E-state index in [1.54, 1.807) is 0 Å². The summed E-state index contributed by atoms with van der Waals surface area (Å²) in [6.45, 7) is 3.13. The van der Waals surface area contributed by atoms with Crippen LogP contribution in [-0.2, 0) is 5.41 Å². The Hall–Kier alpha value is -8.66. The zero-order chi connectivity index (χ0) is 44.7. The molecule has 15 rings (SSSR count). The SMILES string of the molecule is CCN1c2ccccc2C2(c3ccccc3-c3c(-c4c5cccc(-c6cccc7c6oc6ccccc67)c5cc5c(-c6cccc7c6oc6ccccc67)cccc45)cccc32)c2ccccc21. The van der Waals surface area contributed by atoms with Crippen molar-refractivity contribution in [2.75, 3.05) is 11.4 Å². The van der Waals surface area contributed by atoms with Crippen LogP contribution in [0.2, 0.25) is 0 Å². The molecule has 318 valence electrons. The third-order valence-corrected chi connectivity index (χ3v) is 15.3. The van der Waals surface area contributed by atoms with Gasteiger partial charge in [0.2, 0.25) is 0 Å². The lowest BCUT2D eigenvalue weighted by atomic mass is 9.64. The normalized spacial score (nSPS) is 13.5. The third-order valence-electron chi connectivity index (χ3n) is 15.3. The molecule has 3 nitrogen and oxygen atoms in total. The zero-order valence-corrected chi connectivity index (χ0v) is 37.3. The lowest BCUT2D eigenvalue weighted by molar-refractivity contribution is 0.669. The van der Waals surface area contributed by atoms with E-state index in [1.165, 1.54) is 66.7 Å². The molecule has 0 atom stereocenters. The summed E-state index contributed by atoms with van der Waals surface area (Å²) in [7, 11) is 0. The number of fused-ring (bicyclic) bond motifs is 17. The van der Waals surface area contributed by atoms with Gasteiger partial charge in [-0.2, -0.15) is 0 Å². The fourth-order valence-corrected chi connectivity index (χ4v) is 12.6. The van der Waals surface area contributed by atoms with Crippen molar-refractivity contribution in [3.63, 3.8) is 0 Å². The van der Waals surface area contributed by atoms with Crippen molar-refractivity contribution in [1.29, 1.82) is 0 Å². The molecule has 2 aromatic heterocycles. The Labute approximate surface area is 392 Å². The first kappa shape index (κ1) is 37.5. The summed E-state index contributed by atoms with van der Waals surface area (Å²) >= 11 is 0. The average molecular weight is 868 g/mol. The molecular formula is C65H41NO2. The van der Waals surface area contributed by atoms with Crippen LogP contribution in [0.5, 0.6) is 0 Å². The number of rotatable bonds is 4. The van der Waals surface area contributed by atoms with Crippen LogP contribution >= 0.6 is 0 Å². The Morgan fingerprint density at radius 2 is 0.735 bits per heavy atom. The van der Waals surface area contributed by atoms with Crippen molar-refractivity contribution in [3.8, 4) is 44.5 Å². The van der Waals surface area contributed by atoms with Gasteiger partial charge >= 0.3 is 0 Å². The lowest BCUT2D eigenvalue weighted by Crippen LogP contribution is -2.37. The number of para-hydroxylation sites is 6. The summed E-state index contributed by atoms with van der Waals surface area (Å²) < 4.78 is 13.6. The molecular weight excluding hydrogens is 827 g/mol. The van der Waals surface area contributed by atoms with Gasteiger partial charge in [0.25, 0.3) is 0 Å². The maximum Gasteiger partial charge on any atom is 0.143 e. The van der Waals surface area contributed by atoms with Gasteiger partial charge in [-0.3, -0.25) is 0 Å². The minimum Gasteiger partial charge on any atom is -0.455 e. The molecule has 2 aliphatic rings. The van der Waals surface area contributed by atoms with Gasteiger partial charge in [0.05, 0.1) is 5.41 Å². The van der Waals surface area contributed by atoms with Crippen LogP contribution < -0.4 is 4.90 Å². The molecule has 0 saturated heterocycles. The Bertz CT molecular complexity index is 4060. The molecule has 0 saturated carbocycles. The molecule has 3 heterocycles. The summed E-state index contributed by atoms with van der Waals surface area (Å²) in [6, 6.07) is 80.5. The maximum absolute atomic E-state index is 6.78. The van der Waals surface area contributed by atoms with Crippen LogP contribution in [0.1, 0.15) is 29.2 Å². The van der Waals surface area contributed by atoms with E-state index >= 15 is 0 Å². The smallest absolute Gasteiger partial charge is 0.143 e. The Morgan fingerprint density at radius 1 is 0.324 bits per heavy atom. The second-order valence-corrected chi connectivity index (χ2v) is 18.4. The first-order chi connectivity index (χ1) is 33.7. The lowest BCUT2D eigenvalue weighted by Gasteiger charge is -2.44. The summed E-state index contributed by atoms with van der Waals surface area (Å²) in [6.07, 6.45) is 0. The second-order valence-electron chi connectivity index (χ2n) is 18.4. The molecule has 0 radical (unpaired) electrons. The van der Waals surface area contributed by atoms with Crippen molar-refractivity contribution in [2.24, 2.45) is 0 Å². The molecule has 0 amide bonds. The average Bonchev–Trinajstić information content (AvgIpc) is 4.07. The number of hydrogen-bond donors (Lipinski definition) is 0. The van der Waals surface area contributed by atoms with E-state index < -0.39 is 5.41 Å². The van der Waals surface area contributed by atoms with E-state index in [9.17, 15) is 0 Å². The van der Waals surface area contributed by atoms with Crippen LogP contribution in [0.25, 0.3) is 110 Å². The van der Waals surface area contributed by atoms with Gasteiger partial charge in [-0.15, -0.1) is 0 Å². The molecule has 68 heavy (non-hydrogen) atoms. The molecule has 0 unspecified atom stereocenters. The van der Waals surface area contributed by atoms with Crippen LogP contribution in [-0.4, -0.2) is 6.54 Å². The number of nitrogens with zero attached hydrogens (tertiary/aromatic N) is 1. The van der Waals surface area contributed by atoms with Crippen molar-refractivity contribution in [1.82, 2.24) is 0 Å². The molecule has 1 aliphatic heterocycles. The summed E-state index contributed by atoms with van der Waals surface area (Å²) in [5.74, 6) is 0. The van der Waals surface area contributed by atoms with Gasteiger partial charge < -0.3 is 13.7 Å². The van der Waals surface area contributed by atoms with E-state index in [0.29, 0.717) is 0 Å². The quantitative estimate of drug-likeness (QED) is 0.165. The predicted octanol–water partition coefficient (Wildman–Crippen LogP) is 17.6. The molecule has 13 aromatic rings. The standard InChI is InChI=1S/C65H41NO2/c1-2-66-57-34-9-7-31-54(57)65(55-32-8-10-35-58(55)66)53-30-6-3-20-49(53)62-50(29-17-33-56(62)65)61-43-23-13-21-39(45-25-15-27-47-41-18-4-11-36-59(41)67-63(45)47)51(43)38-52-40(22-14-24-44(52)61)46-26-16-28-48-42-19-5-12-37-60(42)68-64(46)48/h3-38H,2H2,1H3. The Morgan fingerprint density at radius 3 is 1.31 bits per heavy atom. The van der Waals surface area contributed by atoms with E-state index in [1.807, 2.05) is 0 Å². The van der Waals surface area contributed by atoms with Crippen LogP contribution in [0.15, 0.2) is 227 Å². The van der Waals surface area contributed by atoms with E-state index in [0.717, 1.165) is 83.4 Å². The van der Waals surface area contributed by atoms with Gasteiger partial charge in [0, 0.05) is 50.6 Å². The van der Waals surface area contributed by atoms with Gasteiger partial charge in [0.15, 0.2) is 0 Å². The highest BCUT2D eigenvalue weighted by atomic mass is 16.3. The topological polar surface area (TPSA) is 29.5 Å². The predicted molar refractivity (Wildman–Crippen MR) is 282 cm³/mol. The van der Waals surface area contributed by atoms with E-state index in [-0.39, 0.29) is 0 Å². The molecule has 1 aliphatic carbocycles. The summed E-state index contributed by atoms with van der Waals surface area (Å²) in [4.78, 5) is 2.49. The zero-order valence-electron chi connectivity index (χ0n) is 37.3. The fourth-order valence-electron chi connectivity index (χ4n) is 12.6. The minimum absolute atomic E-state index is 0.536. The first-order valence-electron chi connectivity index (χ1n) is 23.7. The van der Waals surface area contributed by atoms with Crippen molar-refractivity contribution < 1.29 is 8.83 Å². The minimum atomic E-state index is -0.536. The van der Waals surface area contributed by atoms with Crippen LogP contribution in [0, 0.1) is 0 Å². The third kappa shape index (κ3) is 4.82. The van der Waals surface area contributed by atoms with Gasteiger partial charge in [-0.25, -0.2) is 0 Å². The largest absolute Gasteiger partial charge is 0.455 e. The van der Waals surface area contributed by atoms with Crippen molar-refractivity contribution in [2.45, 2.75) is 12.3 Å². The molecule has 0 fully saturated rings. The molecule has 11 aromatic carbocycles. The van der Waals surface area contributed by atoms with Gasteiger partial charge in [-0.1, -0.05) is 188 Å². The van der Waals surface area contributed by atoms with Crippen LogP contribution in [0.4, 0.5) is 11.4 Å². The van der Waals surface area contributed by atoms with E-state index in [4.69, 9.17) is 8.83 Å². The second kappa shape index (κ2) is 13.9. The number of furan rings is 2. The van der Waals surface area contributed by atoms with Crippen molar-refractivity contribution in [3.05, 3.63) is 241 Å². The number of benzene rings is 11. The Kier molecular flexibility index (Phi) is 7.69. The summed E-state index contributed by atoms with van der Waals surface area (Å²) in [5.41, 5.74) is 20.2. The van der Waals surface area contributed by atoms with Crippen molar-refractivity contribution >= 4 is 76.8 Å². The van der Waals surface area contributed by atoms with E-state index in [2.05, 4.69) is 230 Å². The number of hydrogen-bond acceptors (Lipinski definition) is 3. The Balaban J connectivity index is 1.09. The first-order valence-corrected chi connectivity index (χ1v) is 23.7. The van der Waals surface area contributed by atoms with Gasteiger partial charge in [0.1, 0.15) is 22.3 Å². The maximum atomic E-state index is 6.78. The highest BCUT2D eigenvalue weighted by Crippen LogP contribution is 2.64. The highest BCUT2D eigenvalue weighted by molar-refractivity contribution is 6.23.